The van der Waals surface area contributed by atoms with E-state index in [1.165, 1.54) is 25.3 Å². The third-order valence-electron chi connectivity index (χ3n) is 4.38. The molecule has 0 radical (unpaired) electrons. The molecule has 0 bridgehead atoms. The van der Waals surface area contributed by atoms with Crippen molar-refractivity contribution < 1.29 is 13.5 Å². The maximum atomic E-state index is 14.4. The summed E-state index contributed by atoms with van der Waals surface area (Å²) >= 11 is 0. The summed E-state index contributed by atoms with van der Waals surface area (Å²) in [6.45, 7) is 4.67. The molecule has 0 spiro atoms. The SMILES string of the molecule is COC(c1c(F)cccc1F)C(CN(C)C)c1c(C)cccc1C.Cl. The molecule has 2 unspecified atom stereocenters. The minimum Gasteiger partial charge on any atom is -0.376 e. The molecule has 0 saturated carbocycles. The highest BCUT2D eigenvalue weighted by molar-refractivity contribution is 5.85. The molecular formula is C20H26ClF2NO. The van der Waals surface area contributed by atoms with E-state index in [2.05, 4.69) is 0 Å². The van der Waals surface area contributed by atoms with Gasteiger partial charge in [0.05, 0.1) is 11.7 Å². The zero-order valence-corrected chi connectivity index (χ0v) is 16.2. The molecule has 2 rings (SSSR count). The molecule has 5 heteroatoms. The third kappa shape index (κ3) is 4.78. The minimum absolute atomic E-state index is 0. The summed E-state index contributed by atoms with van der Waals surface area (Å²) in [5, 5.41) is 0. The van der Waals surface area contributed by atoms with Crippen molar-refractivity contribution >= 4 is 12.4 Å². The fourth-order valence-electron chi connectivity index (χ4n) is 3.41. The second-order valence-electron chi connectivity index (χ2n) is 6.47. The van der Waals surface area contributed by atoms with Crippen LogP contribution < -0.4 is 0 Å². The third-order valence-corrected chi connectivity index (χ3v) is 4.38. The quantitative estimate of drug-likeness (QED) is 0.707. The number of benzene rings is 2. The molecule has 2 nitrogen and oxygen atoms in total. The van der Waals surface area contributed by atoms with Crippen LogP contribution in [0, 0.1) is 25.5 Å². The smallest absolute Gasteiger partial charge is 0.131 e. The number of rotatable bonds is 6. The summed E-state index contributed by atoms with van der Waals surface area (Å²) in [5.41, 5.74) is 3.27. The second kappa shape index (κ2) is 9.27. The van der Waals surface area contributed by atoms with Crippen LogP contribution in [0.15, 0.2) is 36.4 Å². The van der Waals surface area contributed by atoms with Gasteiger partial charge in [0.25, 0.3) is 0 Å². The molecule has 0 N–H and O–H groups in total. The van der Waals surface area contributed by atoms with Crippen LogP contribution in [0.25, 0.3) is 0 Å². The molecule has 0 amide bonds. The van der Waals surface area contributed by atoms with E-state index in [0.717, 1.165) is 16.7 Å². The normalized spacial score (nSPS) is 13.4. The first-order valence-corrected chi connectivity index (χ1v) is 8.04. The summed E-state index contributed by atoms with van der Waals surface area (Å²) in [7, 11) is 5.41. The summed E-state index contributed by atoms with van der Waals surface area (Å²) in [6.07, 6.45) is -0.701. The van der Waals surface area contributed by atoms with Crippen molar-refractivity contribution in [3.63, 3.8) is 0 Å². The standard InChI is InChI=1S/C20H25F2NO.ClH/c1-13-8-6-9-14(2)18(13)15(12-23(3)4)20(24-5)19-16(21)10-7-11-17(19)22;/h6-11,15,20H,12H2,1-5H3;1H. The first-order valence-electron chi connectivity index (χ1n) is 8.04. The average molecular weight is 370 g/mol. The number of halogens is 3. The number of hydrogen-bond acceptors (Lipinski definition) is 2. The molecule has 0 aliphatic rings. The van der Waals surface area contributed by atoms with Crippen LogP contribution in [0.5, 0.6) is 0 Å². The van der Waals surface area contributed by atoms with Gasteiger partial charge in [-0.25, -0.2) is 8.78 Å². The summed E-state index contributed by atoms with van der Waals surface area (Å²) in [6, 6.07) is 9.97. The van der Waals surface area contributed by atoms with Gasteiger partial charge >= 0.3 is 0 Å². The topological polar surface area (TPSA) is 12.5 Å². The lowest BCUT2D eigenvalue weighted by molar-refractivity contribution is 0.0632. The van der Waals surface area contributed by atoms with Gasteiger partial charge in [0.1, 0.15) is 11.6 Å². The Balaban J connectivity index is 0.00000312. The molecule has 0 aromatic heterocycles. The predicted molar refractivity (Wildman–Crippen MR) is 101 cm³/mol. The lowest BCUT2D eigenvalue weighted by Gasteiger charge is -2.31. The number of ether oxygens (including phenoxy) is 1. The molecule has 2 aromatic rings. The van der Waals surface area contributed by atoms with Crippen LogP contribution in [0.2, 0.25) is 0 Å². The predicted octanol–water partition coefficient (Wildman–Crippen LogP) is 5.04. The zero-order valence-electron chi connectivity index (χ0n) is 15.3. The van der Waals surface area contributed by atoms with E-state index in [-0.39, 0.29) is 23.9 Å². The van der Waals surface area contributed by atoms with Crippen molar-refractivity contribution in [2.75, 3.05) is 27.7 Å². The van der Waals surface area contributed by atoms with Gasteiger partial charge in [-0.3, -0.25) is 0 Å². The van der Waals surface area contributed by atoms with E-state index in [0.29, 0.717) is 6.54 Å². The number of methoxy groups -OCH3 is 1. The Morgan fingerprint density at radius 2 is 1.40 bits per heavy atom. The molecule has 2 atom stereocenters. The van der Waals surface area contributed by atoms with Crippen LogP contribution in [-0.4, -0.2) is 32.6 Å². The van der Waals surface area contributed by atoms with Crippen LogP contribution in [0.4, 0.5) is 8.78 Å². The number of hydrogen-bond donors (Lipinski definition) is 0. The highest BCUT2D eigenvalue weighted by Gasteiger charge is 2.31. The van der Waals surface area contributed by atoms with E-state index >= 15 is 0 Å². The summed E-state index contributed by atoms with van der Waals surface area (Å²) in [5.74, 6) is -1.33. The molecule has 0 heterocycles. The van der Waals surface area contributed by atoms with Gasteiger partial charge in [-0.15, -0.1) is 12.4 Å². The van der Waals surface area contributed by atoms with Crippen molar-refractivity contribution in [1.29, 1.82) is 0 Å². The van der Waals surface area contributed by atoms with E-state index < -0.39 is 17.7 Å². The van der Waals surface area contributed by atoms with Gasteiger partial charge in [0.15, 0.2) is 0 Å². The Bertz CT molecular complexity index is 666. The van der Waals surface area contributed by atoms with Crippen LogP contribution >= 0.6 is 12.4 Å². The van der Waals surface area contributed by atoms with Gasteiger partial charge in [-0.2, -0.15) is 0 Å². The van der Waals surface area contributed by atoms with Crippen molar-refractivity contribution in [3.05, 3.63) is 70.3 Å². The van der Waals surface area contributed by atoms with E-state index in [1.807, 2.05) is 51.0 Å². The largest absolute Gasteiger partial charge is 0.376 e. The highest BCUT2D eigenvalue weighted by Crippen LogP contribution is 2.39. The van der Waals surface area contributed by atoms with Crippen molar-refractivity contribution in [3.8, 4) is 0 Å². The molecule has 0 saturated heterocycles. The maximum absolute atomic E-state index is 14.4. The second-order valence-corrected chi connectivity index (χ2v) is 6.47. The molecular weight excluding hydrogens is 344 g/mol. The molecule has 2 aromatic carbocycles. The Hall–Kier alpha value is -1.49. The highest BCUT2D eigenvalue weighted by atomic mass is 35.5. The van der Waals surface area contributed by atoms with Gasteiger partial charge in [0.2, 0.25) is 0 Å². The molecule has 25 heavy (non-hydrogen) atoms. The van der Waals surface area contributed by atoms with Crippen LogP contribution in [0.1, 0.15) is 34.3 Å². The Morgan fingerprint density at radius 3 is 1.84 bits per heavy atom. The maximum Gasteiger partial charge on any atom is 0.131 e. The van der Waals surface area contributed by atoms with Gasteiger partial charge < -0.3 is 9.64 Å². The first kappa shape index (κ1) is 21.6. The zero-order chi connectivity index (χ0) is 17.9. The summed E-state index contributed by atoms with van der Waals surface area (Å²) < 4.78 is 34.4. The van der Waals surface area contributed by atoms with Gasteiger partial charge in [-0.1, -0.05) is 24.3 Å². The van der Waals surface area contributed by atoms with Gasteiger partial charge in [0, 0.05) is 19.6 Å². The number of likely N-dealkylation sites (N-methyl/N-ethyl adjacent to an activating group) is 1. The van der Waals surface area contributed by atoms with E-state index in [1.54, 1.807) is 0 Å². The summed E-state index contributed by atoms with van der Waals surface area (Å²) in [4.78, 5) is 2.02. The lowest BCUT2D eigenvalue weighted by Crippen LogP contribution is -2.28. The average Bonchev–Trinajstić information content (AvgIpc) is 2.49. The fourth-order valence-corrected chi connectivity index (χ4v) is 3.41. The molecule has 138 valence electrons. The van der Waals surface area contributed by atoms with Crippen molar-refractivity contribution in [1.82, 2.24) is 4.90 Å². The number of aryl methyl sites for hydroxylation is 2. The van der Waals surface area contributed by atoms with Crippen LogP contribution in [-0.2, 0) is 4.74 Å². The Kier molecular flexibility index (Phi) is 8.00. The first-order chi connectivity index (χ1) is 11.4. The van der Waals surface area contributed by atoms with E-state index in [9.17, 15) is 8.78 Å². The minimum atomic E-state index is -0.701. The molecule has 0 fully saturated rings. The van der Waals surface area contributed by atoms with Crippen molar-refractivity contribution in [2.24, 2.45) is 0 Å². The fraction of sp³-hybridized carbons (Fsp3) is 0.400. The monoisotopic (exact) mass is 369 g/mol. The Morgan fingerprint density at radius 1 is 0.920 bits per heavy atom. The Labute approximate surface area is 155 Å². The number of nitrogens with zero attached hydrogens (tertiary/aromatic N) is 1. The van der Waals surface area contributed by atoms with E-state index in [4.69, 9.17) is 4.74 Å². The van der Waals surface area contributed by atoms with Crippen molar-refractivity contribution in [2.45, 2.75) is 25.9 Å². The molecule has 0 aliphatic carbocycles. The molecule has 0 aliphatic heterocycles. The van der Waals surface area contributed by atoms with Gasteiger partial charge in [-0.05, 0) is 56.8 Å². The van der Waals surface area contributed by atoms with Crippen LogP contribution in [0.3, 0.4) is 0 Å². The lowest BCUT2D eigenvalue weighted by atomic mass is 9.83.